The van der Waals surface area contributed by atoms with Gasteiger partial charge in [-0.05, 0) is 30.2 Å². The van der Waals surface area contributed by atoms with Gasteiger partial charge in [-0.1, -0.05) is 37.6 Å². The van der Waals surface area contributed by atoms with Crippen molar-refractivity contribution in [2.75, 3.05) is 11.9 Å². The van der Waals surface area contributed by atoms with Crippen molar-refractivity contribution >= 4 is 11.7 Å². The molecule has 0 aliphatic carbocycles. The first-order chi connectivity index (χ1) is 11.6. The Bertz CT molecular complexity index is 766. The van der Waals surface area contributed by atoms with Crippen molar-refractivity contribution < 1.29 is 4.79 Å². The summed E-state index contributed by atoms with van der Waals surface area (Å²) in [4.78, 5) is 15.9. The number of aryl methyl sites for hydroxylation is 2. The highest BCUT2D eigenvalue weighted by Gasteiger charge is 2.24. The Morgan fingerprint density at radius 1 is 1.42 bits per heavy atom. The van der Waals surface area contributed by atoms with Gasteiger partial charge in [0.05, 0.1) is 13.1 Å². The highest BCUT2D eigenvalue weighted by Crippen LogP contribution is 2.24. The predicted molar refractivity (Wildman–Crippen MR) is 92.5 cm³/mol. The molecule has 0 bridgehead atoms. The maximum absolute atomic E-state index is 12.6. The second-order valence-corrected chi connectivity index (χ2v) is 6.00. The maximum Gasteiger partial charge on any atom is 0.322 e. The van der Waals surface area contributed by atoms with E-state index < -0.39 is 0 Å². The van der Waals surface area contributed by atoms with E-state index in [1.165, 1.54) is 4.80 Å². The molecule has 126 valence electrons. The van der Waals surface area contributed by atoms with Crippen LogP contribution < -0.4 is 5.32 Å². The smallest absolute Gasteiger partial charge is 0.314 e. The fourth-order valence-corrected chi connectivity index (χ4v) is 2.83. The molecule has 0 radical (unpaired) electrons. The van der Waals surface area contributed by atoms with Crippen LogP contribution in [0.5, 0.6) is 0 Å². The van der Waals surface area contributed by atoms with Crippen molar-refractivity contribution in [3.05, 3.63) is 35.9 Å². The van der Waals surface area contributed by atoms with Crippen LogP contribution in [0, 0.1) is 6.92 Å². The van der Waals surface area contributed by atoms with E-state index in [4.69, 9.17) is 0 Å². The summed E-state index contributed by atoms with van der Waals surface area (Å²) in [5.74, 6) is 0.541. The van der Waals surface area contributed by atoms with Crippen molar-refractivity contribution in [3.63, 3.8) is 0 Å². The number of hydrogen-bond acceptors (Lipinski definition) is 4. The predicted octanol–water partition coefficient (Wildman–Crippen LogP) is 2.76. The Balaban J connectivity index is 1.78. The number of tetrazole rings is 1. The fraction of sp³-hybridized carbons (Fsp3) is 0.412. The standard InChI is InChI=1S/C17H22N6O/c1-4-6-14-7-5-10-23(14)17(24)18-15-11-13(9-8-12(15)2)16-19-21-22(3)20-16/h5,7-9,11,14H,4,6,10H2,1-3H3,(H,18,24)/t14-/m0/s1. The molecule has 0 spiro atoms. The number of nitrogens with one attached hydrogen (secondary N) is 1. The molecule has 2 aromatic rings. The largest absolute Gasteiger partial charge is 0.322 e. The van der Waals surface area contributed by atoms with Gasteiger partial charge < -0.3 is 10.2 Å². The zero-order chi connectivity index (χ0) is 17.1. The fourth-order valence-electron chi connectivity index (χ4n) is 2.83. The first-order valence-corrected chi connectivity index (χ1v) is 8.17. The van der Waals surface area contributed by atoms with E-state index in [-0.39, 0.29) is 12.1 Å². The van der Waals surface area contributed by atoms with Crippen molar-refractivity contribution in [1.29, 1.82) is 0 Å². The number of hydrogen-bond donors (Lipinski definition) is 1. The molecule has 1 aliphatic rings. The van der Waals surface area contributed by atoms with Crippen LogP contribution >= 0.6 is 0 Å². The quantitative estimate of drug-likeness (QED) is 0.877. The van der Waals surface area contributed by atoms with Gasteiger partial charge in [0, 0.05) is 17.8 Å². The molecule has 0 fully saturated rings. The number of urea groups is 1. The van der Waals surface area contributed by atoms with Crippen LogP contribution in [-0.4, -0.2) is 43.7 Å². The van der Waals surface area contributed by atoms with E-state index in [0.29, 0.717) is 12.4 Å². The number of anilines is 1. The molecular weight excluding hydrogens is 304 g/mol. The number of amides is 2. The first-order valence-electron chi connectivity index (χ1n) is 8.17. The second-order valence-electron chi connectivity index (χ2n) is 6.00. The van der Waals surface area contributed by atoms with Gasteiger partial charge in [-0.3, -0.25) is 0 Å². The summed E-state index contributed by atoms with van der Waals surface area (Å²) in [6, 6.07) is 5.88. The van der Waals surface area contributed by atoms with Crippen LogP contribution in [0.1, 0.15) is 25.3 Å². The summed E-state index contributed by atoms with van der Waals surface area (Å²) in [5.41, 5.74) is 2.59. The third-order valence-electron chi connectivity index (χ3n) is 4.15. The van der Waals surface area contributed by atoms with Gasteiger partial charge >= 0.3 is 6.03 Å². The van der Waals surface area contributed by atoms with Crippen molar-refractivity contribution in [2.24, 2.45) is 7.05 Å². The van der Waals surface area contributed by atoms with E-state index in [2.05, 4.69) is 33.7 Å². The lowest BCUT2D eigenvalue weighted by Gasteiger charge is -2.25. The number of carbonyl (C=O) groups excluding carboxylic acids is 1. The Labute approximate surface area is 141 Å². The minimum atomic E-state index is -0.0780. The summed E-state index contributed by atoms with van der Waals surface area (Å²) >= 11 is 0. The van der Waals surface area contributed by atoms with Gasteiger partial charge in [0.2, 0.25) is 5.82 Å². The molecule has 1 N–H and O–H groups in total. The normalized spacial score (nSPS) is 16.6. The minimum Gasteiger partial charge on any atom is -0.314 e. The van der Waals surface area contributed by atoms with Crippen LogP contribution in [0.25, 0.3) is 11.4 Å². The summed E-state index contributed by atoms with van der Waals surface area (Å²) in [6.07, 6.45) is 6.18. The molecule has 7 nitrogen and oxygen atoms in total. The lowest BCUT2D eigenvalue weighted by Crippen LogP contribution is -2.39. The average Bonchev–Trinajstić information content (AvgIpc) is 3.19. The molecule has 24 heavy (non-hydrogen) atoms. The topological polar surface area (TPSA) is 75.9 Å². The van der Waals surface area contributed by atoms with Gasteiger partial charge in [0.1, 0.15) is 0 Å². The molecule has 1 aromatic carbocycles. The van der Waals surface area contributed by atoms with E-state index in [0.717, 1.165) is 29.7 Å². The molecule has 2 heterocycles. The third-order valence-corrected chi connectivity index (χ3v) is 4.15. The number of aromatic nitrogens is 4. The van der Waals surface area contributed by atoms with Gasteiger partial charge in [-0.15, -0.1) is 10.2 Å². The van der Waals surface area contributed by atoms with Crippen molar-refractivity contribution in [3.8, 4) is 11.4 Å². The lowest BCUT2D eigenvalue weighted by atomic mass is 10.1. The van der Waals surface area contributed by atoms with E-state index in [1.54, 1.807) is 7.05 Å². The van der Waals surface area contributed by atoms with E-state index in [1.807, 2.05) is 36.1 Å². The molecule has 1 aromatic heterocycles. The molecule has 0 saturated heterocycles. The Kier molecular flexibility index (Phi) is 4.59. The SMILES string of the molecule is CCC[C@H]1C=CCN1C(=O)Nc1cc(-c2nnn(C)n2)ccc1C. The molecule has 1 aliphatic heterocycles. The van der Waals surface area contributed by atoms with Crippen LogP contribution in [0.4, 0.5) is 10.5 Å². The number of nitrogens with zero attached hydrogens (tertiary/aromatic N) is 5. The summed E-state index contributed by atoms with van der Waals surface area (Å²) in [5, 5.41) is 15.1. The molecule has 0 unspecified atom stereocenters. The summed E-state index contributed by atoms with van der Waals surface area (Å²) in [7, 11) is 1.72. The summed E-state index contributed by atoms with van der Waals surface area (Å²) in [6.45, 7) is 4.75. The molecule has 0 saturated carbocycles. The van der Waals surface area contributed by atoms with Gasteiger partial charge in [0.15, 0.2) is 0 Å². The number of rotatable bonds is 4. The molecule has 1 atom stereocenters. The van der Waals surface area contributed by atoms with E-state index in [9.17, 15) is 4.79 Å². The first kappa shape index (κ1) is 16.2. The Morgan fingerprint density at radius 2 is 2.25 bits per heavy atom. The second kappa shape index (κ2) is 6.82. The maximum atomic E-state index is 12.6. The van der Waals surface area contributed by atoms with Gasteiger partial charge in [-0.25, -0.2) is 4.79 Å². The lowest BCUT2D eigenvalue weighted by molar-refractivity contribution is 0.208. The number of carbonyl (C=O) groups is 1. The highest BCUT2D eigenvalue weighted by molar-refractivity contribution is 5.91. The van der Waals surface area contributed by atoms with Crippen molar-refractivity contribution in [2.45, 2.75) is 32.7 Å². The van der Waals surface area contributed by atoms with Gasteiger partial charge in [0.25, 0.3) is 0 Å². The average molecular weight is 326 g/mol. The molecule has 3 rings (SSSR count). The third kappa shape index (κ3) is 3.29. The zero-order valence-corrected chi connectivity index (χ0v) is 14.2. The van der Waals surface area contributed by atoms with Crippen LogP contribution in [0.2, 0.25) is 0 Å². The Hall–Kier alpha value is -2.70. The minimum absolute atomic E-state index is 0.0780. The van der Waals surface area contributed by atoms with E-state index >= 15 is 0 Å². The highest BCUT2D eigenvalue weighted by atomic mass is 16.2. The number of benzene rings is 1. The summed E-state index contributed by atoms with van der Waals surface area (Å²) < 4.78 is 0. The molecular formula is C17H22N6O. The molecule has 2 amide bonds. The van der Waals surface area contributed by atoms with Crippen LogP contribution in [0.15, 0.2) is 30.4 Å². The van der Waals surface area contributed by atoms with Crippen molar-refractivity contribution in [1.82, 2.24) is 25.1 Å². The zero-order valence-electron chi connectivity index (χ0n) is 14.2. The van der Waals surface area contributed by atoms with Gasteiger partial charge in [-0.2, -0.15) is 4.80 Å². The Morgan fingerprint density at radius 3 is 2.96 bits per heavy atom. The van der Waals surface area contributed by atoms with Crippen LogP contribution in [0.3, 0.4) is 0 Å². The monoisotopic (exact) mass is 326 g/mol. The van der Waals surface area contributed by atoms with Crippen LogP contribution in [-0.2, 0) is 7.05 Å². The molecule has 7 heteroatoms.